The van der Waals surface area contributed by atoms with Crippen molar-refractivity contribution in [2.24, 2.45) is 10.8 Å². The minimum Gasteiger partial charge on any atom is -0.461 e. The van der Waals surface area contributed by atoms with Crippen molar-refractivity contribution in [2.75, 3.05) is 0 Å². The lowest BCUT2D eigenvalue weighted by Crippen LogP contribution is -2.18. The fraction of sp³-hybridized carbons (Fsp3) is 0.366. The highest BCUT2D eigenvalue weighted by atomic mass is 16.5. The number of allylic oxidation sites excluding steroid dienone is 13. The molecule has 0 amide bonds. The van der Waals surface area contributed by atoms with Gasteiger partial charge in [-0.1, -0.05) is 114 Å². The van der Waals surface area contributed by atoms with Crippen LogP contribution in [0.25, 0.3) is 11.1 Å². The highest BCUT2D eigenvalue weighted by Gasteiger charge is 2.25. The maximum atomic E-state index is 6.34. The molecule has 2 aromatic carbocycles. The first-order chi connectivity index (χ1) is 19.6. The molecular weight excluding hydrogens is 508 g/mol. The largest absolute Gasteiger partial charge is 0.461 e. The van der Waals surface area contributed by atoms with Gasteiger partial charge >= 0.3 is 0 Å². The van der Waals surface area contributed by atoms with Crippen molar-refractivity contribution < 1.29 is 4.74 Å². The SMILES string of the molecule is C=C(/C=C(/C=C/C1=C(C)C(=C/C=C2\C=C(C(C)(C)C)Oc3ccc(C)cc32)/CCC1)c1cc(C)ccc1C)C(C)(C)C. The second kappa shape index (κ2) is 12.3. The standard InChI is InChI=1S/C41H50O/c1-27-15-17-29(3)36(23-27)34(25-30(4)40(6,7)8)20-18-32-13-12-14-33(31(32)5)19-21-35-26-39(41(9,10)11)42-38-22-16-28(2)24-37(35)38/h15-26H,4,12-14H2,1-3,5-11H3/b20-18+,33-19+,34-25-,35-21+. The summed E-state index contributed by atoms with van der Waals surface area (Å²) in [6.45, 7) is 26.5. The van der Waals surface area contributed by atoms with Gasteiger partial charge in [0, 0.05) is 11.0 Å². The van der Waals surface area contributed by atoms with Crippen molar-refractivity contribution >= 4 is 11.1 Å². The van der Waals surface area contributed by atoms with Crippen molar-refractivity contribution in [1.29, 1.82) is 0 Å². The first kappa shape index (κ1) is 31.4. The van der Waals surface area contributed by atoms with E-state index >= 15 is 0 Å². The van der Waals surface area contributed by atoms with Gasteiger partial charge in [0.2, 0.25) is 0 Å². The number of rotatable bonds is 5. The number of aryl methyl sites for hydroxylation is 3. The van der Waals surface area contributed by atoms with Gasteiger partial charge in [-0.2, -0.15) is 0 Å². The Balaban J connectivity index is 1.74. The topological polar surface area (TPSA) is 9.23 Å². The zero-order valence-corrected chi connectivity index (χ0v) is 27.7. The number of hydrogen-bond donors (Lipinski definition) is 0. The van der Waals surface area contributed by atoms with Gasteiger partial charge in [-0.15, -0.1) is 0 Å². The predicted molar refractivity (Wildman–Crippen MR) is 184 cm³/mol. The molecule has 42 heavy (non-hydrogen) atoms. The fourth-order valence-corrected chi connectivity index (χ4v) is 5.35. The summed E-state index contributed by atoms with van der Waals surface area (Å²) in [4.78, 5) is 0. The summed E-state index contributed by atoms with van der Waals surface area (Å²) < 4.78 is 6.34. The van der Waals surface area contributed by atoms with E-state index in [-0.39, 0.29) is 10.8 Å². The molecule has 1 aliphatic heterocycles. The zero-order chi connectivity index (χ0) is 30.8. The molecule has 0 bridgehead atoms. The highest BCUT2D eigenvalue weighted by Crippen LogP contribution is 2.40. The monoisotopic (exact) mass is 558 g/mol. The van der Waals surface area contributed by atoms with Crippen LogP contribution < -0.4 is 4.74 Å². The predicted octanol–water partition coefficient (Wildman–Crippen LogP) is 12.0. The minimum absolute atomic E-state index is 0.0167. The van der Waals surface area contributed by atoms with Crippen molar-refractivity contribution in [2.45, 2.75) is 88.5 Å². The third-order valence-electron chi connectivity index (χ3n) is 8.47. The molecule has 0 saturated carbocycles. The normalized spacial score (nSPS) is 18.4. The van der Waals surface area contributed by atoms with Crippen molar-refractivity contribution in [3.8, 4) is 5.75 Å². The van der Waals surface area contributed by atoms with Crippen LogP contribution in [-0.2, 0) is 0 Å². The fourth-order valence-electron chi connectivity index (χ4n) is 5.35. The second-order valence-electron chi connectivity index (χ2n) is 14.2. The van der Waals surface area contributed by atoms with Crippen LogP contribution in [0.15, 0.2) is 107 Å². The van der Waals surface area contributed by atoms with Crippen LogP contribution >= 0.6 is 0 Å². The van der Waals surface area contributed by atoms with Gasteiger partial charge in [-0.25, -0.2) is 0 Å². The first-order valence-corrected chi connectivity index (χ1v) is 15.4. The van der Waals surface area contributed by atoms with Gasteiger partial charge in [0.15, 0.2) is 0 Å². The molecular formula is C41H50O. The number of benzene rings is 2. The molecule has 4 rings (SSSR count). The molecule has 0 saturated heterocycles. The van der Waals surface area contributed by atoms with Crippen molar-refractivity contribution in [3.05, 3.63) is 135 Å². The molecule has 2 aliphatic rings. The smallest absolute Gasteiger partial charge is 0.134 e. The summed E-state index contributed by atoms with van der Waals surface area (Å²) in [6.07, 6.45) is 17.2. The Bertz CT molecular complexity index is 1560. The van der Waals surface area contributed by atoms with Gasteiger partial charge < -0.3 is 4.74 Å². The molecule has 0 atom stereocenters. The number of hydrogen-bond acceptors (Lipinski definition) is 1. The van der Waals surface area contributed by atoms with E-state index in [4.69, 9.17) is 4.74 Å². The van der Waals surface area contributed by atoms with Gasteiger partial charge in [-0.05, 0) is 115 Å². The lowest BCUT2D eigenvalue weighted by atomic mass is 9.84. The third-order valence-corrected chi connectivity index (χ3v) is 8.47. The summed E-state index contributed by atoms with van der Waals surface area (Å²) in [7, 11) is 0. The molecule has 1 aliphatic carbocycles. The highest BCUT2D eigenvalue weighted by molar-refractivity contribution is 5.82. The summed E-state index contributed by atoms with van der Waals surface area (Å²) in [6, 6.07) is 13.2. The zero-order valence-electron chi connectivity index (χ0n) is 27.7. The Morgan fingerprint density at radius 2 is 1.55 bits per heavy atom. The molecule has 0 fully saturated rings. The van der Waals surface area contributed by atoms with E-state index in [2.05, 4.69) is 149 Å². The molecule has 0 N–H and O–H groups in total. The summed E-state index contributed by atoms with van der Waals surface area (Å²) in [5.41, 5.74) is 14.0. The molecule has 0 aromatic heterocycles. The Labute approximate surface area is 255 Å². The van der Waals surface area contributed by atoms with Gasteiger partial charge in [0.1, 0.15) is 11.5 Å². The number of ether oxygens (including phenoxy) is 1. The summed E-state index contributed by atoms with van der Waals surface area (Å²) in [5, 5.41) is 0. The lowest BCUT2D eigenvalue weighted by molar-refractivity contribution is 0.290. The Morgan fingerprint density at radius 3 is 2.24 bits per heavy atom. The Hall–Kier alpha value is -3.58. The lowest BCUT2D eigenvalue weighted by Gasteiger charge is -2.28. The van der Waals surface area contributed by atoms with Crippen LogP contribution in [0, 0.1) is 31.6 Å². The average Bonchev–Trinajstić information content (AvgIpc) is 2.91. The summed E-state index contributed by atoms with van der Waals surface area (Å²) in [5.74, 6) is 1.95. The van der Waals surface area contributed by atoms with Crippen LogP contribution in [0.4, 0.5) is 0 Å². The molecule has 0 spiro atoms. The Kier molecular flexibility index (Phi) is 9.21. The van der Waals surface area contributed by atoms with E-state index in [0.29, 0.717) is 0 Å². The van der Waals surface area contributed by atoms with Gasteiger partial charge in [0.25, 0.3) is 0 Å². The molecule has 1 heteroatoms. The van der Waals surface area contributed by atoms with Crippen LogP contribution in [0.1, 0.15) is 95.5 Å². The van der Waals surface area contributed by atoms with Crippen LogP contribution in [0.3, 0.4) is 0 Å². The van der Waals surface area contributed by atoms with Crippen LogP contribution in [0.5, 0.6) is 5.75 Å². The van der Waals surface area contributed by atoms with Crippen LogP contribution in [0.2, 0.25) is 0 Å². The van der Waals surface area contributed by atoms with E-state index in [1.807, 2.05) is 0 Å². The van der Waals surface area contributed by atoms with E-state index in [0.717, 1.165) is 36.3 Å². The van der Waals surface area contributed by atoms with E-state index in [1.54, 1.807) is 0 Å². The molecule has 0 unspecified atom stereocenters. The van der Waals surface area contributed by atoms with Crippen molar-refractivity contribution in [1.82, 2.24) is 0 Å². The second-order valence-corrected chi connectivity index (χ2v) is 14.2. The maximum absolute atomic E-state index is 6.34. The van der Waals surface area contributed by atoms with E-state index in [9.17, 15) is 0 Å². The van der Waals surface area contributed by atoms with E-state index in [1.165, 1.54) is 55.7 Å². The molecule has 1 heterocycles. The first-order valence-electron chi connectivity index (χ1n) is 15.4. The molecule has 0 radical (unpaired) electrons. The minimum atomic E-state index is -0.0629. The average molecular weight is 559 g/mol. The van der Waals surface area contributed by atoms with E-state index < -0.39 is 0 Å². The van der Waals surface area contributed by atoms with Gasteiger partial charge in [-0.3, -0.25) is 0 Å². The van der Waals surface area contributed by atoms with Gasteiger partial charge in [0.05, 0.1) is 0 Å². The molecule has 220 valence electrons. The molecule has 1 nitrogen and oxygen atoms in total. The number of fused-ring (bicyclic) bond motifs is 1. The maximum Gasteiger partial charge on any atom is 0.134 e. The van der Waals surface area contributed by atoms with Crippen molar-refractivity contribution in [3.63, 3.8) is 0 Å². The Morgan fingerprint density at radius 1 is 0.857 bits per heavy atom. The third kappa shape index (κ3) is 7.43. The molecule has 2 aromatic rings. The van der Waals surface area contributed by atoms with Crippen LogP contribution in [-0.4, -0.2) is 0 Å². The summed E-state index contributed by atoms with van der Waals surface area (Å²) >= 11 is 0. The quantitative estimate of drug-likeness (QED) is 0.332.